The predicted molar refractivity (Wildman–Crippen MR) is 86.0 cm³/mol. The van der Waals surface area contributed by atoms with E-state index in [-0.39, 0.29) is 24.2 Å². The molecular formula is C18H24FNO4. The molecule has 3 rings (SSSR count). The van der Waals surface area contributed by atoms with Gasteiger partial charge >= 0.3 is 0 Å². The number of halogens is 1. The summed E-state index contributed by atoms with van der Waals surface area (Å²) in [5.41, 5.74) is -0.114. The van der Waals surface area contributed by atoms with Crippen molar-refractivity contribution in [2.45, 2.75) is 24.9 Å². The number of benzene rings is 1. The normalized spacial score (nSPS) is 25.7. The number of aliphatic hydroxyl groups excluding tert-OH is 1. The van der Waals surface area contributed by atoms with Gasteiger partial charge in [-0.25, -0.2) is 4.39 Å². The second-order valence-corrected chi connectivity index (χ2v) is 6.64. The smallest absolute Gasteiger partial charge is 0.226 e. The van der Waals surface area contributed by atoms with E-state index in [0.717, 1.165) is 18.4 Å². The molecule has 0 aliphatic carbocycles. The van der Waals surface area contributed by atoms with E-state index in [0.29, 0.717) is 39.3 Å². The quantitative estimate of drug-likeness (QED) is 0.902. The molecular weight excluding hydrogens is 313 g/mol. The van der Waals surface area contributed by atoms with Gasteiger partial charge in [0.15, 0.2) is 0 Å². The highest BCUT2D eigenvalue weighted by molar-refractivity contribution is 5.79. The molecule has 1 aromatic rings. The summed E-state index contributed by atoms with van der Waals surface area (Å²) in [6.45, 7) is 2.27. The number of hydrogen-bond donors (Lipinski definition) is 1. The Morgan fingerprint density at radius 3 is 2.83 bits per heavy atom. The van der Waals surface area contributed by atoms with Gasteiger partial charge in [0.05, 0.1) is 19.8 Å². The van der Waals surface area contributed by atoms with E-state index in [9.17, 15) is 14.3 Å². The maximum absolute atomic E-state index is 13.4. The zero-order valence-corrected chi connectivity index (χ0v) is 13.7. The largest absolute Gasteiger partial charge is 0.393 e. The summed E-state index contributed by atoms with van der Waals surface area (Å²) in [6.07, 6.45) is 1.86. The van der Waals surface area contributed by atoms with E-state index in [1.165, 1.54) is 12.1 Å². The molecule has 0 radical (unpaired) electrons. The molecule has 0 spiro atoms. The zero-order chi connectivity index (χ0) is 17.0. The Labute approximate surface area is 141 Å². The summed E-state index contributed by atoms with van der Waals surface area (Å²) in [5.74, 6) is -0.215. The van der Waals surface area contributed by atoms with Crippen molar-refractivity contribution in [1.29, 1.82) is 0 Å². The maximum Gasteiger partial charge on any atom is 0.226 e. The Bertz CT molecular complexity index is 576. The van der Waals surface area contributed by atoms with Crippen LogP contribution in [-0.4, -0.2) is 61.0 Å². The van der Waals surface area contributed by atoms with Gasteiger partial charge in [-0.2, -0.15) is 0 Å². The number of aliphatic hydroxyl groups is 1. The number of ether oxygens (including phenoxy) is 2. The third-order valence-corrected chi connectivity index (χ3v) is 4.83. The van der Waals surface area contributed by atoms with Crippen LogP contribution < -0.4 is 0 Å². The van der Waals surface area contributed by atoms with Gasteiger partial charge in [-0.15, -0.1) is 0 Å². The van der Waals surface area contributed by atoms with Gasteiger partial charge in [0.1, 0.15) is 11.4 Å². The SMILES string of the molecule is O=C(C1CCOCC1)N1CCOC(CO)(Cc2cccc(F)c2)C1. The first-order valence-electron chi connectivity index (χ1n) is 8.48. The fourth-order valence-electron chi connectivity index (χ4n) is 3.51. The number of carbonyl (C=O) groups is 1. The third kappa shape index (κ3) is 3.94. The Kier molecular flexibility index (Phi) is 5.48. The first-order valence-corrected chi connectivity index (χ1v) is 8.48. The molecule has 1 N–H and O–H groups in total. The van der Waals surface area contributed by atoms with E-state index in [1.54, 1.807) is 11.0 Å². The molecule has 1 aromatic carbocycles. The standard InChI is InChI=1S/C18H24FNO4/c19-16-3-1-2-14(10-16)11-18(13-21)12-20(6-9-24-18)17(22)15-4-7-23-8-5-15/h1-3,10,15,21H,4-9,11-13H2. The summed E-state index contributed by atoms with van der Waals surface area (Å²) in [5, 5.41) is 9.91. The molecule has 2 heterocycles. The minimum Gasteiger partial charge on any atom is -0.393 e. The number of nitrogens with zero attached hydrogens (tertiary/aromatic N) is 1. The van der Waals surface area contributed by atoms with Gasteiger partial charge < -0.3 is 19.5 Å². The maximum atomic E-state index is 13.4. The summed E-state index contributed by atoms with van der Waals surface area (Å²) < 4.78 is 24.6. The van der Waals surface area contributed by atoms with Crippen molar-refractivity contribution in [3.05, 3.63) is 35.6 Å². The number of hydrogen-bond acceptors (Lipinski definition) is 4. The molecule has 2 saturated heterocycles. The van der Waals surface area contributed by atoms with E-state index in [1.807, 2.05) is 6.07 Å². The van der Waals surface area contributed by atoms with Crippen LogP contribution in [0.15, 0.2) is 24.3 Å². The fraction of sp³-hybridized carbons (Fsp3) is 0.611. The van der Waals surface area contributed by atoms with Gasteiger partial charge in [-0.1, -0.05) is 12.1 Å². The molecule has 2 aliphatic heterocycles. The van der Waals surface area contributed by atoms with E-state index in [4.69, 9.17) is 9.47 Å². The molecule has 6 heteroatoms. The third-order valence-electron chi connectivity index (χ3n) is 4.83. The highest BCUT2D eigenvalue weighted by Crippen LogP contribution is 2.26. The van der Waals surface area contributed by atoms with Crippen LogP contribution in [0.4, 0.5) is 4.39 Å². The monoisotopic (exact) mass is 337 g/mol. The molecule has 5 nitrogen and oxygen atoms in total. The van der Waals surface area contributed by atoms with Crippen molar-refractivity contribution < 1.29 is 23.8 Å². The molecule has 24 heavy (non-hydrogen) atoms. The van der Waals surface area contributed by atoms with Gasteiger partial charge in [-0.05, 0) is 30.5 Å². The predicted octanol–water partition coefficient (Wildman–Crippen LogP) is 1.38. The number of morpholine rings is 1. The van der Waals surface area contributed by atoms with Crippen LogP contribution >= 0.6 is 0 Å². The van der Waals surface area contributed by atoms with Crippen molar-refractivity contribution in [2.24, 2.45) is 5.92 Å². The zero-order valence-electron chi connectivity index (χ0n) is 13.7. The minimum atomic E-state index is -0.868. The Balaban J connectivity index is 1.70. The second-order valence-electron chi connectivity index (χ2n) is 6.64. The molecule has 0 bridgehead atoms. The molecule has 0 aromatic heterocycles. The van der Waals surface area contributed by atoms with Crippen molar-refractivity contribution in [2.75, 3.05) is 39.5 Å². The van der Waals surface area contributed by atoms with E-state index >= 15 is 0 Å². The fourth-order valence-corrected chi connectivity index (χ4v) is 3.51. The summed E-state index contributed by atoms with van der Waals surface area (Å²) >= 11 is 0. The first kappa shape index (κ1) is 17.3. The van der Waals surface area contributed by atoms with Gasteiger partial charge in [0.2, 0.25) is 5.91 Å². The average Bonchev–Trinajstić information content (AvgIpc) is 2.62. The molecule has 132 valence electrons. The number of amides is 1. The lowest BCUT2D eigenvalue weighted by atomic mass is 9.91. The minimum absolute atomic E-state index is 0.0117. The molecule has 1 amide bonds. The van der Waals surface area contributed by atoms with Gasteiger partial charge in [0.25, 0.3) is 0 Å². The molecule has 1 atom stereocenters. The van der Waals surface area contributed by atoms with Crippen LogP contribution in [0.3, 0.4) is 0 Å². The van der Waals surface area contributed by atoms with Crippen LogP contribution in [0, 0.1) is 11.7 Å². The topological polar surface area (TPSA) is 59.0 Å². The molecule has 2 fully saturated rings. The lowest BCUT2D eigenvalue weighted by Gasteiger charge is -2.43. The lowest BCUT2D eigenvalue weighted by molar-refractivity contribution is -0.163. The van der Waals surface area contributed by atoms with Crippen molar-refractivity contribution in [3.8, 4) is 0 Å². The van der Waals surface area contributed by atoms with E-state index < -0.39 is 5.60 Å². The van der Waals surface area contributed by atoms with Crippen LogP contribution in [0.1, 0.15) is 18.4 Å². The highest BCUT2D eigenvalue weighted by Gasteiger charge is 2.39. The van der Waals surface area contributed by atoms with Crippen molar-refractivity contribution >= 4 is 5.91 Å². The van der Waals surface area contributed by atoms with Crippen LogP contribution in [-0.2, 0) is 20.7 Å². The molecule has 2 aliphatic rings. The first-order chi connectivity index (χ1) is 11.6. The van der Waals surface area contributed by atoms with Crippen LogP contribution in [0.2, 0.25) is 0 Å². The van der Waals surface area contributed by atoms with Crippen LogP contribution in [0.25, 0.3) is 0 Å². The Morgan fingerprint density at radius 1 is 1.33 bits per heavy atom. The summed E-state index contributed by atoms with van der Waals surface area (Å²) in [6, 6.07) is 6.28. The Morgan fingerprint density at radius 2 is 2.12 bits per heavy atom. The molecule has 1 unspecified atom stereocenters. The number of carbonyl (C=O) groups excluding carboxylic acids is 1. The summed E-state index contributed by atoms with van der Waals surface area (Å²) in [7, 11) is 0. The molecule has 0 saturated carbocycles. The van der Waals surface area contributed by atoms with E-state index in [2.05, 4.69) is 0 Å². The van der Waals surface area contributed by atoms with Gasteiger partial charge in [0, 0.05) is 32.1 Å². The van der Waals surface area contributed by atoms with Gasteiger partial charge in [-0.3, -0.25) is 4.79 Å². The summed E-state index contributed by atoms with van der Waals surface area (Å²) in [4.78, 5) is 14.5. The Hall–Kier alpha value is -1.50. The second kappa shape index (κ2) is 7.59. The van der Waals surface area contributed by atoms with Crippen molar-refractivity contribution in [1.82, 2.24) is 4.90 Å². The number of rotatable bonds is 4. The van der Waals surface area contributed by atoms with Crippen molar-refractivity contribution in [3.63, 3.8) is 0 Å². The van der Waals surface area contributed by atoms with Crippen LogP contribution in [0.5, 0.6) is 0 Å². The highest BCUT2D eigenvalue weighted by atomic mass is 19.1. The average molecular weight is 337 g/mol. The lowest BCUT2D eigenvalue weighted by Crippen LogP contribution is -2.58.